The Balaban J connectivity index is 0.000000531. The number of piperidine rings is 1. The van der Waals surface area contributed by atoms with Gasteiger partial charge in [0.05, 0.1) is 29.2 Å². The highest BCUT2D eigenvalue weighted by molar-refractivity contribution is 6.33. The van der Waals surface area contributed by atoms with Crippen molar-refractivity contribution in [3.63, 3.8) is 0 Å². The normalized spacial score (nSPS) is 21.2. The van der Waals surface area contributed by atoms with E-state index in [-0.39, 0.29) is 35.4 Å². The molecule has 226 valence electrons. The second-order valence-electron chi connectivity index (χ2n) is 11.0. The minimum atomic E-state index is -1.26. The lowest BCUT2D eigenvalue weighted by atomic mass is 9.88. The number of halogens is 1. The van der Waals surface area contributed by atoms with Crippen LogP contribution in [-0.2, 0) is 19.2 Å². The maximum atomic E-state index is 13.2. The standard InChI is InChI=1S/C27H35ClN4O2.C4H4O4/c1-4-23(19-10-6-5-7-11-19)30-26(34)20-14-21(16-29-15-20)32-17-25(33)31(18-27(32,2)3)24-13-9-8-12-22(24)28;5-3(6)1-2-4(7)8/h5-13,20-21,23,29H,4,14-18H2,1-3H3,(H,30,34);1-2H,(H,5,6)(H,7,8)/b;2-1+/t20-,21+,23+;/m0./s1. The third kappa shape index (κ3) is 8.88. The molecule has 0 radical (unpaired) electrons. The van der Waals surface area contributed by atoms with Gasteiger partial charge in [-0.15, -0.1) is 0 Å². The predicted octanol–water partition coefficient (Wildman–Crippen LogP) is 3.72. The van der Waals surface area contributed by atoms with Crippen molar-refractivity contribution in [2.45, 2.75) is 51.2 Å². The molecule has 2 aliphatic rings. The van der Waals surface area contributed by atoms with Crippen LogP contribution in [0, 0.1) is 5.92 Å². The van der Waals surface area contributed by atoms with Crippen LogP contribution in [0.5, 0.6) is 0 Å². The van der Waals surface area contributed by atoms with Gasteiger partial charge in [-0.05, 0) is 44.4 Å². The number of carbonyl (C=O) groups excluding carboxylic acids is 2. The highest BCUT2D eigenvalue weighted by atomic mass is 35.5. The molecule has 0 saturated carbocycles. The molecule has 0 unspecified atom stereocenters. The van der Waals surface area contributed by atoms with Gasteiger partial charge < -0.3 is 25.7 Å². The Hall–Kier alpha value is -3.73. The molecule has 11 heteroatoms. The van der Waals surface area contributed by atoms with Gasteiger partial charge in [-0.25, -0.2) is 9.59 Å². The predicted molar refractivity (Wildman–Crippen MR) is 161 cm³/mol. The van der Waals surface area contributed by atoms with E-state index >= 15 is 0 Å². The van der Waals surface area contributed by atoms with Crippen molar-refractivity contribution in [1.29, 1.82) is 0 Å². The molecule has 0 aromatic heterocycles. The molecule has 2 amide bonds. The highest BCUT2D eigenvalue weighted by Gasteiger charge is 2.44. The SMILES string of the molecule is CC[C@@H](NC(=O)[C@@H]1CNC[C@H](N2CC(=O)N(c3ccccc3Cl)CC2(C)C)C1)c1ccccc1.O=C(O)/C=C/C(=O)O. The number of para-hydroxylation sites is 1. The van der Waals surface area contributed by atoms with E-state index in [0.29, 0.717) is 36.8 Å². The molecule has 2 aliphatic heterocycles. The molecule has 2 saturated heterocycles. The maximum absolute atomic E-state index is 13.2. The first-order chi connectivity index (χ1) is 19.9. The van der Waals surface area contributed by atoms with Crippen LogP contribution >= 0.6 is 11.6 Å². The summed E-state index contributed by atoms with van der Waals surface area (Å²) >= 11 is 6.39. The fourth-order valence-corrected chi connectivity index (χ4v) is 5.66. The van der Waals surface area contributed by atoms with Crippen LogP contribution in [0.15, 0.2) is 66.7 Å². The van der Waals surface area contributed by atoms with E-state index in [0.717, 1.165) is 30.6 Å². The number of carboxylic acids is 2. The largest absolute Gasteiger partial charge is 0.478 e. The fourth-order valence-electron chi connectivity index (χ4n) is 5.42. The quantitative estimate of drug-likeness (QED) is 0.337. The van der Waals surface area contributed by atoms with Gasteiger partial charge >= 0.3 is 11.9 Å². The minimum Gasteiger partial charge on any atom is -0.478 e. The monoisotopic (exact) mass is 598 g/mol. The van der Waals surface area contributed by atoms with Crippen LogP contribution in [0.3, 0.4) is 0 Å². The van der Waals surface area contributed by atoms with E-state index in [4.69, 9.17) is 21.8 Å². The smallest absolute Gasteiger partial charge is 0.328 e. The Morgan fingerprint density at radius 3 is 2.26 bits per heavy atom. The summed E-state index contributed by atoms with van der Waals surface area (Å²) in [5.41, 5.74) is 1.63. The molecule has 0 bridgehead atoms. The summed E-state index contributed by atoms with van der Waals surface area (Å²) in [7, 11) is 0. The number of hydrogen-bond donors (Lipinski definition) is 4. The number of benzene rings is 2. The van der Waals surface area contributed by atoms with Crippen LogP contribution in [0.4, 0.5) is 5.69 Å². The summed E-state index contributed by atoms with van der Waals surface area (Å²) in [5.74, 6) is -2.54. The second kappa shape index (κ2) is 14.9. The molecule has 2 fully saturated rings. The molecular formula is C31H39ClN4O6. The third-order valence-electron chi connectivity index (χ3n) is 7.51. The third-order valence-corrected chi connectivity index (χ3v) is 7.83. The van der Waals surface area contributed by atoms with Crippen molar-refractivity contribution in [3.8, 4) is 0 Å². The first-order valence-corrected chi connectivity index (χ1v) is 14.3. The van der Waals surface area contributed by atoms with Gasteiger partial charge in [-0.1, -0.05) is 61.0 Å². The van der Waals surface area contributed by atoms with Crippen molar-refractivity contribution in [1.82, 2.24) is 15.5 Å². The Labute approximate surface area is 251 Å². The Morgan fingerprint density at radius 1 is 1.05 bits per heavy atom. The highest BCUT2D eigenvalue weighted by Crippen LogP contribution is 2.34. The zero-order chi connectivity index (χ0) is 30.9. The van der Waals surface area contributed by atoms with E-state index in [2.05, 4.69) is 48.4 Å². The first-order valence-electron chi connectivity index (χ1n) is 13.9. The average molecular weight is 599 g/mol. The van der Waals surface area contributed by atoms with Crippen LogP contribution in [0.2, 0.25) is 5.02 Å². The molecule has 4 N–H and O–H groups in total. The minimum absolute atomic E-state index is 0.00580. The summed E-state index contributed by atoms with van der Waals surface area (Å²) in [6.07, 6.45) is 2.68. The van der Waals surface area contributed by atoms with Gasteiger partial charge in [-0.2, -0.15) is 0 Å². The lowest BCUT2D eigenvalue weighted by Gasteiger charge is -2.51. The van der Waals surface area contributed by atoms with E-state index < -0.39 is 11.9 Å². The molecule has 42 heavy (non-hydrogen) atoms. The van der Waals surface area contributed by atoms with Gasteiger partial charge in [0.25, 0.3) is 0 Å². The Kier molecular flexibility index (Phi) is 11.7. The number of nitrogens with zero attached hydrogens (tertiary/aromatic N) is 2. The molecule has 10 nitrogen and oxygen atoms in total. The second-order valence-corrected chi connectivity index (χ2v) is 11.4. The van der Waals surface area contributed by atoms with E-state index in [1.807, 2.05) is 42.5 Å². The Bertz CT molecular complexity index is 1270. The molecule has 4 rings (SSSR count). The lowest BCUT2D eigenvalue weighted by Crippen LogP contribution is -2.67. The van der Waals surface area contributed by atoms with Crippen molar-refractivity contribution in [2.24, 2.45) is 5.92 Å². The molecule has 0 spiro atoms. The summed E-state index contributed by atoms with van der Waals surface area (Å²) in [4.78, 5) is 49.6. The van der Waals surface area contributed by atoms with Crippen molar-refractivity contribution < 1.29 is 29.4 Å². The van der Waals surface area contributed by atoms with Crippen molar-refractivity contribution in [3.05, 3.63) is 77.3 Å². The number of nitrogens with one attached hydrogen (secondary N) is 2. The van der Waals surface area contributed by atoms with Crippen LogP contribution in [-0.4, -0.2) is 76.6 Å². The molecule has 2 aromatic rings. The molecule has 3 atom stereocenters. The number of carboxylic acid groups (broad SMARTS) is 2. The van der Waals surface area contributed by atoms with E-state index in [1.54, 1.807) is 4.90 Å². The van der Waals surface area contributed by atoms with Gasteiger partial charge in [-0.3, -0.25) is 14.5 Å². The van der Waals surface area contributed by atoms with Gasteiger partial charge in [0.1, 0.15) is 0 Å². The number of piperazine rings is 1. The van der Waals surface area contributed by atoms with Gasteiger partial charge in [0.15, 0.2) is 0 Å². The summed E-state index contributed by atoms with van der Waals surface area (Å²) in [5, 5.41) is 22.9. The van der Waals surface area contributed by atoms with Gasteiger partial charge in [0.2, 0.25) is 11.8 Å². The summed E-state index contributed by atoms with van der Waals surface area (Å²) < 4.78 is 0. The zero-order valence-electron chi connectivity index (χ0n) is 24.1. The first kappa shape index (κ1) is 32.8. The number of amides is 2. The summed E-state index contributed by atoms with van der Waals surface area (Å²) in [6.45, 7) is 8.69. The molecule has 2 heterocycles. The Morgan fingerprint density at radius 2 is 1.67 bits per heavy atom. The molecule has 2 aromatic carbocycles. The number of aliphatic carboxylic acids is 2. The zero-order valence-corrected chi connectivity index (χ0v) is 24.9. The topological polar surface area (TPSA) is 139 Å². The molecule has 0 aliphatic carbocycles. The van der Waals surface area contributed by atoms with Crippen LogP contribution in [0.1, 0.15) is 45.2 Å². The maximum Gasteiger partial charge on any atom is 0.328 e. The van der Waals surface area contributed by atoms with Crippen LogP contribution in [0.25, 0.3) is 0 Å². The van der Waals surface area contributed by atoms with E-state index in [9.17, 15) is 19.2 Å². The summed E-state index contributed by atoms with van der Waals surface area (Å²) in [6, 6.07) is 17.7. The lowest BCUT2D eigenvalue weighted by molar-refractivity contribution is -0.134. The number of anilines is 1. The van der Waals surface area contributed by atoms with E-state index in [1.165, 1.54) is 0 Å². The fraction of sp³-hybridized carbons (Fsp3) is 0.419. The number of rotatable bonds is 8. The average Bonchev–Trinajstić information content (AvgIpc) is 2.97. The van der Waals surface area contributed by atoms with Crippen molar-refractivity contribution in [2.75, 3.05) is 31.1 Å². The van der Waals surface area contributed by atoms with Crippen LogP contribution < -0.4 is 15.5 Å². The molecular weight excluding hydrogens is 560 g/mol. The number of hydrogen-bond acceptors (Lipinski definition) is 6. The van der Waals surface area contributed by atoms with Crippen molar-refractivity contribution >= 4 is 41.0 Å². The number of carbonyl (C=O) groups is 4. The van der Waals surface area contributed by atoms with Gasteiger partial charge in [0, 0.05) is 43.4 Å².